The Hall–Kier alpha value is -2.90. The molecule has 1 aromatic rings. The van der Waals surface area contributed by atoms with Crippen LogP contribution in [0.15, 0.2) is 24.3 Å². The van der Waals surface area contributed by atoms with Crippen LogP contribution in [-0.4, -0.2) is 44.0 Å². The molecule has 1 aromatic carbocycles. The summed E-state index contributed by atoms with van der Waals surface area (Å²) >= 11 is 0. The van der Waals surface area contributed by atoms with E-state index >= 15 is 0 Å². The number of ether oxygens (including phenoxy) is 2. The van der Waals surface area contributed by atoms with Crippen LogP contribution >= 0.6 is 0 Å². The predicted molar refractivity (Wildman–Crippen MR) is 102 cm³/mol. The summed E-state index contributed by atoms with van der Waals surface area (Å²) in [4.78, 5) is 48.5. The molecule has 0 spiro atoms. The van der Waals surface area contributed by atoms with Gasteiger partial charge in [-0.15, -0.1) is 0 Å². The number of benzene rings is 1. The number of hydrogen-bond donors (Lipinski definition) is 2. The number of carbonyl (C=O) groups is 4. The maximum atomic E-state index is 12.6. The molecule has 0 aliphatic rings. The molecule has 0 heterocycles. The Morgan fingerprint density at radius 2 is 1.43 bits per heavy atom. The van der Waals surface area contributed by atoms with Gasteiger partial charge in [0.25, 0.3) is 5.91 Å². The van der Waals surface area contributed by atoms with Crippen molar-refractivity contribution in [3.05, 3.63) is 35.4 Å². The molecule has 2 atom stereocenters. The summed E-state index contributed by atoms with van der Waals surface area (Å²) in [6, 6.07) is 5.64. The van der Waals surface area contributed by atoms with E-state index in [4.69, 9.17) is 5.73 Å². The van der Waals surface area contributed by atoms with Crippen molar-refractivity contribution in [3.8, 4) is 0 Å². The average Bonchev–Trinajstić information content (AvgIpc) is 2.64. The van der Waals surface area contributed by atoms with E-state index in [0.29, 0.717) is 5.56 Å². The Morgan fingerprint density at radius 3 is 1.79 bits per heavy atom. The van der Waals surface area contributed by atoms with E-state index in [1.807, 2.05) is 32.9 Å². The highest BCUT2D eigenvalue weighted by Crippen LogP contribution is 2.23. The van der Waals surface area contributed by atoms with Crippen LogP contribution < -0.4 is 11.1 Å². The summed E-state index contributed by atoms with van der Waals surface area (Å²) in [6.07, 6.45) is 0. The Bertz CT molecular complexity index is 720. The molecule has 2 amide bonds. The lowest BCUT2D eigenvalue weighted by atomic mass is 9.86. The number of rotatable bonds is 7. The first kappa shape index (κ1) is 23.1. The Labute approximate surface area is 164 Å². The second kappa shape index (κ2) is 9.34. The first-order valence-electron chi connectivity index (χ1n) is 8.80. The molecule has 3 N–H and O–H groups in total. The molecule has 0 fully saturated rings. The Balaban J connectivity index is 3.08. The molecular weight excluding hydrogens is 364 g/mol. The molecule has 0 aliphatic carbocycles. The van der Waals surface area contributed by atoms with Gasteiger partial charge < -0.3 is 20.5 Å². The zero-order valence-electron chi connectivity index (χ0n) is 17.1. The Morgan fingerprint density at radius 1 is 0.964 bits per heavy atom. The molecule has 28 heavy (non-hydrogen) atoms. The first-order chi connectivity index (χ1) is 12.9. The zero-order chi connectivity index (χ0) is 21.6. The van der Waals surface area contributed by atoms with Crippen LogP contribution in [-0.2, 0) is 29.3 Å². The van der Waals surface area contributed by atoms with Crippen LogP contribution in [0.1, 0.15) is 43.6 Å². The quantitative estimate of drug-likeness (QED) is 0.530. The minimum absolute atomic E-state index is 0.0759. The standard InChI is InChI=1S/C20H28N2O6/c1-11(14(18(25)27-5)19(26)28-6)15(16(21)23)22-17(24)12-7-9-13(10-8-12)20(2,3)4/h7-11,14-15H,1-6H3,(H2,21,23)(H,22,24)/t11-,15+/m1/s1. The average molecular weight is 392 g/mol. The third-order valence-corrected chi connectivity index (χ3v) is 4.57. The number of nitrogens with one attached hydrogen (secondary N) is 1. The number of carbonyl (C=O) groups excluding carboxylic acids is 4. The van der Waals surface area contributed by atoms with Crippen LogP contribution in [0.25, 0.3) is 0 Å². The molecule has 154 valence electrons. The van der Waals surface area contributed by atoms with Crippen LogP contribution in [0.5, 0.6) is 0 Å². The van der Waals surface area contributed by atoms with Gasteiger partial charge in [-0.05, 0) is 23.1 Å². The smallest absolute Gasteiger partial charge is 0.320 e. The van der Waals surface area contributed by atoms with E-state index in [1.54, 1.807) is 12.1 Å². The monoisotopic (exact) mass is 392 g/mol. The van der Waals surface area contributed by atoms with Crippen molar-refractivity contribution in [2.24, 2.45) is 17.6 Å². The van der Waals surface area contributed by atoms with Crippen molar-refractivity contribution in [2.75, 3.05) is 14.2 Å². The molecular formula is C20H28N2O6. The van der Waals surface area contributed by atoms with Crippen LogP contribution in [0.2, 0.25) is 0 Å². The number of primary amides is 1. The summed E-state index contributed by atoms with van der Waals surface area (Å²) in [5.41, 5.74) is 6.69. The van der Waals surface area contributed by atoms with E-state index < -0.39 is 41.6 Å². The highest BCUT2D eigenvalue weighted by atomic mass is 16.5. The lowest BCUT2D eigenvalue weighted by molar-refractivity contribution is -0.161. The van der Waals surface area contributed by atoms with Crippen molar-refractivity contribution in [2.45, 2.75) is 39.2 Å². The van der Waals surface area contributed by atoms with E-state index in [1.165, 1.54) is 6.92 Å². The van der Waals surface area contributed by atoms with Crippen molar-refractivity contribution in [1.29, 1.82) is 0 Å². The number of esters is 2. The van der Waals surface area contributed by atoms with Crippen molar-refractivity contribution < 1.29 is 28.7 Å². The van der Waals surface area contributed by atoms with Crippen LogP contribution in [0, 0.1) is 11.8 Å². The fourth-order valence-corrected chi connectivity index (χ4v) is 2.78. The number of methoxy groups -OCH3 is 2. The zero-order valence-corrected chi connectivity index (χ0v) is 17.1. The van der Waals surface area contributed by atoms with Gasteiger partial charge in [-0.1, -0.05) is 39.8 Å². The molecule has 8 heteroatoms. The molecule has 0 saturated heterocycles. The van der Waals surface area contributed by atoms with Gasteiger partial charge in [-0.3, -0.25) is 19.2 Å². The predicted octanol–water partition coefficient (Wildman–Crippen LogP) is 1.17. The summed E-state index contributed by atoms with van der Waals surface area (Å²) < 4.78 is 9.23. The van der Waals surface area contributed by atoms with Gasteiger partial charge in [0.15, 0.2) is 5.92 Å². The van der Waals surface area contributed by atoms with Crippen LogP contribution in [0.4, 0.5) is 0 Å². The third-order valence-electron chi connectivity index (χ3n) is 4.57. The minimum atomic E-state index is -1.41. The van der Waals surface area contributed by atoms with Crippen molar-refractivity contribution in [3.63, 3.8) is 0 Å². The maximum Gasteiger partial charge on any atom is 0.320 e. The molecule has 1 rings (SSSR count). The molecule has 0 unspecified atom stereocenters. The second-order valence-electron chi connectivity index (χ2n) is 7.56. The van der Waals surface area contributed by atoms with E-state index in [-0.39, 0.29) is 5.41 Å². The van der Waals surface area contributed by atoms with Gasteiger partial charge >= 0.3 is 11.9 Å². The number of amides is 2. The largest absolute Gasteiger partial charge is 0.468 e. The maximum absolute atomic E-state index is 12.6. The summed E-state index contributed by atoms with van der Waals surface area (Å²) in [7, 11) is 2.22. The minimum Gasteiger partial charge on any atom is -0.468 e. The van der Waals surface area contributed by atoms with Gasteiger partial charge in [0, 0.05) is 11.5 Å². The second-order valence-corrected chi connectivity index (χ2v) is 7.56. The van der Waals surface area contributed by atoms with E-state index in [9.17, 15) is 19.2 Å². The molecule has 0 aliphatic heterocycles. The molecule has 0 saturated carbocycles. The normalized spacial score (nSPS) is 13.4. The summed E-state index contributed by atoms with van der Waals surface area (Å²) in [6.45, 7) is 7.59. The van der Waals surface area contributed by atoms with Crippen molar-refractivity contribution >= 4 is 23.8 Å². The van der Waals surface area contributed by atoms with Gasteiger partial charge in [-0.2, -0.15) is 0 Å². The number of nitrogens with two attached hydrogens (primary N) is 1. The molecule has 0 aromatic heterocycles. The third kappa shape index (κ3) is 5.55. The first-order valence-corrected chi connectivity index (χ1v) is 8.80. The topological polar surface area (TPSA) is 125 Å². The van der Waals surface area contributed by atoms with Gasteiger partial charge in [0.1, 0.15) is 6.04 Å². The lowest BCUT2D eigenvalue weighted by Gasteiger charge is -2.26. The van der Waals surface area contributed by atoms with Gasteiger partial charge in [0.2, 0.25) is 5.91 Å². The van der Waals surface area contributed by atoms with Crippen LogP contribution in [0.3, 0.4) is 0 Å². The summed E-state index contributed by atoms with van der Waals surface area (Å²) in [5, 5.41) is 2.50. The molecule has 0 radical (unpaired) electrons. The highest BCUT2D eigenvalue weighted by molar-refractivity contribution is 5.99. The van der Waals surface area contributed by atoms with E-state index in [2.05, 4.69) is 14.8 Å². The van der Waals surface area contributed by atoms with Gasteiger partial charge in [-0.25, -0.2) is 0 Å². The summed E-state index contributed by atoms with van der Waals surface area (Å²) in [5.74, 6) is -5.58. The fraction of sp³-hybridized carbons (Fsp3) is 0.500. The highest BCUT2D eigenvalue weighted by Gasteiger charge is 2.41. The van der Waals surface area contributed by atoms with Gasteiger partial charge in [0.05, 0.1) is 14.2 Å². The van der Waals surface area contributed by atoms with Crippen molar-refractivity contribution in [1.82, 2.24) is 5.32 Å². The molecule has 8 nitrogen and oxygen atoms in total. The Kier molecular flexibility index (Phi) is 7.72. The van der Waals surface area contributed by atoms with E-state index in [0.717, 1.165) is 19.8 Å². The number of hydrogen-bond acceptors (Lipinski definition) is 6. The molecule has 0 bridgehead atoms. The SMILES string of the molecule is COC(=O)C(C(=O)OC)[C@@H](C)[C@H](NC(=O)c1ccc(C(C)(C)C)cc1)C(N)=O. The lowest BCUT2D eigenvalue weighted by Crippen LogP contribution is -2.52. The fourth-order valence-electron chi connectivity index (χ4n) is 2.78.